The van der Waals surface area contributed by atoms with Crippen molar-refractivity contribution in [3.05, 3.63) is 40.2 Å². The van der Waals surface area contributed by atoms with Gasteiger partial charge in [-0.3, -0.25) is 4.79 Å². The molecule has 0 atom stereocenters. The molecular weight excluding hydrogens is 947 g/mol. The van der Waals surface area contributed by atoms with E-state index in [1.807, 2.05) is 55.4 Å². The van der Waals surface area contributed by atoms with Gasteiger partial charge in [-0.05, 0) is 67.0 Å². The Morgan fingerprint density at radius 1 is 0.750 bits per heavy atom. The number of benzene rings is 3. The molecule has 2 heterocycles. The van der Waals surface area contributed by atoms with Gasteiger partial charge in [0.05, 0.1) is 22.6 Å². The minimum absolute atomic E-state index is 0. The summed E-state index contributed by atoms with van der Waals surface area (Å²) in [5.74, 6) is -6.06. The van der Waals surface area contributed by atoms with Crippen molar-refractivity contribution in [2.75, 3.05) is 0 Å². The maximum atomic E-state index is 11.8. The third-order valence-electron chi connectivity index (χ3n) is 12.2. The molecule has 0 amide bonds. The predicted molar refractivity (Wildman–Crippen MR) is 229 cm³/mol. The van der Waals surface area contributed by atoms with Gasteiger partial charge >= 0.3 is 0 Å². The molecule has 0 saturated carbocycles. The number of nitrogens with zero attached hydrogens (tertiary/aromatic N) is 1. The summed E-state index contributed by atoms with van der Waals surface area (Å²) >= 11 is 0. The first-order chi connectivity index (χ1) is 28.5. The van der Waals surface area contributed by atoms with Crippen molar-refractivity contribution in [1.29, 1.82) is 0 Å². The van der Waals surface area contributed by atoms with Crippen molar-refractivity contribution in [3.8, 4) is 57.4 Å². The summed E-state index contributed by atoms with van der Waals surface area (Å²) in [5, 5.41) is 96.9. The molecule has 13 heteroatoms. The van der Waals surface area contributed by atoms with Crippen molar-refractivity contribution in [2.24, 2.45) is 11.8 Å². The third-order valence-corrected chi connectivity index (χ3v) is 12.2. The predicted octanol–water partition coefficient (Wildman–Crippen LogP) is 11.1. The average Bonchev–Trinajstić information content (AvgIpc) is 3.55. The molecule has 0 fully saturated rings. The smallest absolute Gasteiger partial charge is 0.248 e. The van der Waals surface area contributed by atoms with E-state index < -0.39 is 74.8 Å². The second kappa shape index (κ2) is 16.9. The van der Waals surface area contributed by atoms with E-state index in [9.17, 15) is 50.8 Å². The normalized spacial score (nSPS) is 15.9. The molecule has 2 aromatic heterocycles. The Bertz CT molecular complexity index is 2630. The van der Waals surface area contributed by atoms with Crippen LogP contribution in [0, 0.1) is 24.8 Å². The van der Waals surface area contributed by atoms with Gasteiger partial charge in [0.1, 0.15) is 28.4 Å². The van der Waals surface area contributed by atoms with Gasteiger partial charge in [0.2, 0.25) is 5.88 Å². The van der Waals surface area contributed by atoms with Crippen molar-refractivity contribution in [2.45, 2.75) is 138 Å². The number of aromatic hydroxyl groups is 8. The number of fused-ring (bicyclic) bond motifs is 6. The molecular formula is C47H60IrNO11-. The molecule has 1 aliphatic rings. The number of furan rings is 1. The molecule has 3 aromatic carbocycles. The summed E-state index contributed by atoms with van der Waals surface area (Å²) in [4.78, 5) is 15.8. The summed E-state index contributed by atoms with van der Waals surface area (Å²) < 4.78 is 31.7. The number of carbonyl (C=O) groups excluding carboxylic acids is 1. The van der Waals surface area contributed by atoms with Crippen molar-refractivity contribution >= 4 is 38.5 Å². The molecule has 0 unspecified atom stereocenters. The summed E-state index contributed by atoms with van der Waals surface area (Å²) in [5.41, 5.74) is -2.80. The third kappa shape index (κ3) is 7.79. The van der Waals surface area contributed by atoms with Gasteiger partial charge in [-0.1, -0.05) is 92.7 Å². The molecule has 9 N–H and O–H groups in total. The number of phenols is 6. The molecule has 0 saturated heterocycles. The van der Waals surface area contributed by atoms with Gasteiger partial charge in [0.25, 0.3) is 0 Å². The quantitative estimate of drug-likeness (QED) is 0.0233. The van der Waals surface area contributed by atoms with Crippen LogP contribution in [0.4, 0.5) is 0 Å². The maximum absolute atomic E-state index is 11.8. The number of allylic oxidation sites excluding steroid dienone is 2. The van der Waals surface area contributed by atoms with Crippen LogP contribution in [-0.4, -0.2) is 56.7 Å². The number of hydrogen-bond donors (Lipinski definition) is 9. The van der Waals surface area contributed by atoms with E-state index in [-0.39, 0.29) is 93.0 Å². The second-order valence-corrected chi connectivity index (χ2v) is 18.0. The molecule has 6 rings (SSSR count). The fourth-order valence-corrected chi connectivity index (χ4v) is 8.56. The molecule has 329 valence electrons. The standard InChI is InChI=1S/C34H36NO9.C13H24O2.Ir/c1-12-15-17-26(40)31(43)35-21(30(17)44-29(15)20-19(22(12)36)33(5,6)9-10-34(20,7)8)14-11-13-16(18(23(14)37)32(2,3)4)25(39)28(42)27(41)24(13)38;1-5-10(6-2)12(14)9-13(15)11(7-3)8-4;/h36-42H,9-10H2,1-8H3,(H,35,43);9-11,14H,5-8H2,1-4H3;/q-1;;/b;12-9-;/i1D3;;. The van der Waals surface area contributed by atoms with Crippen LogP contribution in [0.3, 0.4) is 0 Å². The minimum atomic E-state index is -2.92. The van der Waals surface area contributed by atoms with Gasteiger partial charge in [0.15, 0.2) is 23.0 Å². The van der Waals surface area contributed by atoms with Crippen LogP contribution < -0.4 is 0 Å². The Hall–Kier alpha value is -4.87. The van der Waals surface area contributed by atoms with E-state index in [2.05, 4.69) is 11.1 Å². The number of carbonyl (C=O) groups is 1. The van der Waals surface area contributed by atoms with E-state index in [1.165, 1.54) is 6.08 Å². The monoisotopic (exact) mass is 1010 g/mol. The first kappa shape index (κ1) is 43.2. The van der Waals surface area contributed by atoms with E-state index in [4.69, 9.17) is 8.53 Å². The molecule has 5 aromatic rings. The topological polar surface area (TPSA) is 225 Å². The van der Waals surface area contributed by atoms with Crippen LogP contribution in [0.15, 0.2) is 16.3 Å². The summed E-state index contributed by atoms with van der Waals surface area (Å²) in [6, 6.07) is 2.73. The second-order valence-electron chi connectivity index (χ2n) is 18.0. The van der Waals surface area contributed by atoms with E-state index in [0.29, 0.717) is 24.0 Å². The Balaban J connectivity index is 0.000000467. The largest absolute Gasteiger partial charge is 0.542 e. The Kier molecular flexibility index (Phi) is 12.2. The number of pyridine rings is 1. The molecule has 60 heavy (non-hydrogen) atoms. The number of ketones is 1. The van der Waals surface area contributed by atoms with Crippen LogP contribution in [-0.2, 0) is 41.1 Å². The Labute approximate surface area is 368 Å². The summed E-state index contributed by atoms with van der Waals surface area (Å²) in [6.07, 6.45) is 6.17. The zero-order chi connectivity index (χ0) is 46.9. The minimum Gasteiger partial charge on any atom is -0.542 e. The first-order valence-electron chi connectivity index (χ1n) is 21.6. The number of hydrogen-bond acceptors (Lipinski definition) is 12. The zero-order valence-electron chi connectivity index (χ0n) is 39.1. The maximum Gasteiger partial charge on any atom is 0.248 e. The number of aliphatic hydroxyl groups is 1. The number of aryl methyl sites for hydroxylation is 1. The van der Waals surface area contributed by atoms with Crippen molar-refractivity contribution in [3.63, 3.8) is 0 Å². The van der Waals surface area contributed by atoms with E-state index in [1.54, 1.807) is 20.8 Å². The van der Waals surface area contributed by atoms with Crippen LogP contribution in [0.1, 0.15) is 141 Å². The molecule has 0 aliphatic heterocycles. The van der Waals surface area contributed by atoms with Gasteiger partial charge in [-0.25, -0.2) is 4.98 Å². The number of rotatable bonds is 8. The van der Waals surface area contributed by atoms with Gasteiger partial charge in [0, 0.05) is 64.2 Å². The van der Waals surface area contributed by atoms with E-state index >= 15 is 0 Å². The van der Waals surface area contributed by atoms with Crippen LogP contribution in [0.5, 0.6) is 46.1 Å². The van der Waals surface area contributed by atoms with Gasteiger partial charge in [-0.2, -0.15) is 0 Å². The van der Waals surface area contributed by atoms with Crippen molar-refractivity contribution in [1.82, 2.24) is 4.98 Å². The molecule has 1 aliphatic carbocycles. The number of phenolic OH excluding ortho intramolecular Hbond substituents is 6. The number of aromatic nitrogens is 1. The van der Waals surface area contributed by atoms with E-state index in [0.717, 1.165) is 25.7 Å². The summed E-state index contributed by atoms with van der Waals surface area (Å²) in [7, 11) is 0. The van der Waals surface area contributed by atoms with Crippen LogP contribution >= 0.6 is 0 Å². The van der Waals surface area contributed by atoms with Gasteiger partial charge < -0.3 is 50.4 Å². The first-order valence-corrected chi connectivity index (χ1v) is 20.1. The number of aliphatic hydroxyl groups excluding tert-OH is 1. The molecule has 12 nitrogen and oxygen atoms in total. The average molecular weight is 1010 g/mol. The summed E-state index contributed by atoms with van der Waals surface area (Å²) in [6.45, 7) is 17.8. The van der Waals surface area contributed by atoms with Gasteiger partial charge in [-0.15, -0.1) is 6.07 Å². The Morgan fingerprint density at radius 3 is 1.80 bits per heavy atom. The zero-order valence-corrected chi connectivity index (χ0v) is 38.5. The molecule has 0 bridgehead atoms. The van der Waals surface area contributed by atoms with Crippen LogP contribution in [0.25, 0.3) is 44.0 Å². The SMILES string of the molecule is CCC(CC)C(=O)/C=C(\O)C(CC)CC.[2H]C([2H])([2H])c1c(O)c2c(c3oc4c(-c5[c-]c6c(O)c(O)c(O)c(O)c6c(C(C)(C)C)c5O)nc(O)c(O)c4c13)C(C)(C)CCC2(C)C.[Ir]. The molecule has 1 radical (unpaired) electrons. The van der Waals surface area contributed by atoms with Crippen molar-refractivity contribution < 1.29 is 79.4 Å². The fourth-order valence-electron chi connectivity index (χ4n) is 8.56. The fraction of sp³-hybridized carbons (Fsp3) is 0.489. The Morgan fingerprint density at radius 2 is 1.28 bits per heavy atom. The van der Waals surface area contributed by atoms with Crippen LogP contribution in [0.2, 0.25) is 0 Å². The molecule has 0 spiro atoms.